The van der Waals surface area contributed by atoms with Crippen LogP contribution in [0.1, 0.15) is 5.56 Å². The maximum atomic E-state index is 12.1. The number of methoxy groups -OCH3 is 1. The highest BCUT2D eigenvalue weighted by Crippen LogP contribution is 2.21. The quantitative estimate of drug-likeness (QED) is 0.557. The molecule has 0 radical (unpaired) electrons. The van der Waals surface area contributed by atoms with Crippen LogP contribution in [0.3, 0.4) is 0 Å². The zero-order valence-corrected chi connectivity index (χ0v) is 15.8. The Morgan fingerprint density at radius 2 is 1.88 bits per heavy atom. The Labute approximate surface area is 158 Å². The molecule has 0 aliphatic heterocycles. The number of benzene rings is 2. The van der Waals surface area contributed by atoms with E-state index in [9.17, 15) is 4.79 Å². The number of rotatable bonds is 4. The van der Waals surface area contributed by atoms with Gasteiger partial charge < -0.3 is 4.74 Å². The third-order valence-corrected chi connectivity index (χ3v) is 4.61. The normalized spacial score (nSPS) is 10.6. The fourth-order valence-corrected chi connectivity index (χ4v) is 3.20. The van der Waals surface area contributed by atoms with Crippen LogP contribution in [0.25, 0.3) is 11.3 Å². The second-order valence-corrected chi connectivity index (χ2v) is 6.83. The minimum atomic E-state index is -0.165. The molecule has 1 heterocycles. The van der Waals surface area contributed by atoms with Crippen LogP contribution in [0.2, 0.25) is 5.02 Å². The minimum Gasteiger partial charge on any atom is -0.497 e. The molecule has 4 nitrogen and oxygen atoms in total. The molecule has 3 aromatic rings. The summed E-state index contributed by atoms with van der Waals surface area (Å²) in [4.78, 5) is 12.1. The maximum Gasteiger partial charge on any atom is 0.267 e. The Morgan fingerprint density at radius 3 is 2.54 bits per heavy atom. The number of hydrogen-bond acceptors (Lipinski definition) is 3. The first-order valence-corrected chi connectivity index (χ1v) is 8.69. The third-order valence-electron chi connectivity index (χ3n) is 3.59. The smallest absolute Gasteiger partial charge is 0.267 e. The summed E-state index contributed by atoms with van der Waals surface area (Å²) in [6, 6.07) is 16.5. The van der Waals surface area contributed by atoms with Crippen molar-refractivity contribution in [3.63, 3.8) is 0 Å². The van der Waals surface area contributed by atoms with Crippen molar-refractivity contribution in [3.8, 4) is 17.0 Å². The predicted octanol–water partition coefficient (Wildman–Crippen LogP) is 4.23. The maximum absolute atomic E-state index is 12.1. The molecule has 0 fully saturated rings. The van der Waals surface area contributed by atoms with E-state index in [0.29, 0.717) is 11.6 Å². The Kier molecular flexibility index (Phi) is 5.20. The largest absolute Gasteiger partial charge is 0.497 e. The molecule has 0 spiro atoms. The van der Waals surface area contributed by atoms with Gasteiger partial charge in [0.15, 0.2) is 0 Å². The van der Waals surface area contributed by atoms with Gasteiger partial charge in [-0.15, -0.1) is 0 Å². The van der Waals surface area contributed by atoms with Crippen LogP contribution in [0.15, 0.2) is 59.4 Å². The average molecular weight is 453 g/mol. The molecule has 0 amide bonds. The summed E-state index contributed by atoms with van der Waals surface area (Å²) < 4.78 is 7.63. The molecular weight excluding hydrogens is 439 g/mol. The van der Waals surface area contributed by atoms with Gasteiger partial charge in [-0.05, 0) is 70.6 Å². The molecule has 0 unspecified atom stereocenters. The summed E-state index contributed by atoms with van der Waals surface area (Å²) in [5.41, 5.74) is 2.33. The highest BCUT2D eigenvalue weighted by molar-refractivity contribution is 14.1. The molecule has 0 bridgehead atoms. The molecule has 0 aliphatic rings. The Bertz CT molecular complexity index is 923. The Morgan fingerprint density at radius 1 is 1.12 bits per heavy atom. The summed E-state index contributed by atoms with van der Waals surface area (Å²) in [5, 5.41) is 5.09. The van der Waals surface area contributed by atoms with Gasteiger partial charge in [0.05, 0.1) is 19.3 Å². The van der Waals surface area contributed by atoms with E-state index in [0.717, 1.165) is 26.1 Å². The van der Waals surface area contributed by atoms with Gasteiger partial charge in [0.25, 0.3) is 5.56 Å². The van der Waals surface area contributed by atoms with E-state index >= 15 is 0 Å². The number of halogens is 2. The fourth-order valence-electron chi connectivity index (χ4n) is 2.29. The van der Waals surface area contributed by atoms with Gasteiger partial charge in [-0.25, -0.2) is 4.68 Å². The topological polar surface area (TPSA) is 44.1 Å². The van der Waals surface area contributed by atoms with E-state index in [1.165, 1.54) is 10.7 Å². The van der Waals surface area contributed by atoms with Gasteiger partial charge in [-0.1, -0.05) is 17.7 Å². The zero-order chi connectivity index (χ0) is 17.1. The van der Waals surface area contributed by atoms with Crippen molar-refractivity contribution in [1.82, 2.24) is 9.78 Å². The van der Waals surface area contributed by atoms with Gasteiger partial charge in [0.1, 0.15) is 5.75 Å². The van der Waals surface area contributed by atoms with Gasteiger partial charge >= 0.3 is 0 Å². The predicted molar refractivity (Wildman–Crippen MR) is 104 cm³/mol. The summed E-state index contributed by atoms with van der Waals surface area (Å²) in [7, 11) is 1.62. The van der Waals surface area contributed by atoms with Crippen molar-refractivity contribution >= 4 is 34.2 Å². The van der Waals surface area contributed by atoms with Crippen molar-refractivity contribution in [3.05, 3.63) is 79.1 Å². The average Bonchev–Trinajstić information content (AvgIpc) is 2.59. The molecule has 24 heavy (non-hydrogen) atoms. The Hall–Kier alpha value is -1.86. The summed E-state index contributed by atoms with van der Waals surface area (Å²) >= 11 is 8.46. The number of hydrogen-bond donors (Lipinski definition) is 0. The SMILES string of the molecule is COc1ccc(-c2ccc(=O)n(Cc3ccc(I)cc3Cl)n2)cc1. The molecule has 0 atom stereocenters. The fraction of sp³-hybridized carbons (Fsp3) is 0.111. The molecule has 0 saturated carbocycles. The summed E-state index contributed by atoms with van der Waals surface area (Å²) in [5.74, 6) is 0.776. The van der Waals surface area contributed by atoms with E-state index in [2.05, 4.69) is 27.7 Å². The van der Waals surface area contributed by atoms with Crippen LogP contribution in [0, 0.1) is 3.57 Å². The van der Waals surface area contributed by atoms with E-state index in [4.69, 9.17) is 16.3 Å². The molecule has 6 heteroatoms. The number of ether oxygens (including phenoxy) is 1. The van der Waals surface area contributed by atoms with Crippen LogP contribution in [-0.4, -0.2) is 16.9 Å². The van der Waals surface area contributed by atoms with Gasteiger partial charge in [-0.2, -0.15) is 5.10 Å². The lowest BCUT2D eigenvalue weighted by molar-refractivity contribution is 0.415. The lowest BCUT2D eigenvalue weighted by atomic mass is 10.1. The van der Waals surface area contributed by atoms with Crippen molar-refractivity contribution < 1.29 is 4.74 Å². The second kappa shape index (κ2) is 7.36. The molecule has 0 N–H and O–H groups in total. The van der Waals surface area contributed by atoms with Crippen LogP contribution < -0.4 is 10.3 Å². The molecular formula is C18H14ClIN2O2. The van der Waals surface area contributed by atoms with E-state index < -0.39 is 0 Å². The minimum absolute atomic E-state index is 0.165. The zero-order valence-electron chi connectivity index (χ0n) is 12.9. The molecule has 3 rings (SSSR count). The molecule has 122 valence electrons. The van der Waals surface area contributed by atoms with Crippen LogP contribution in [-0.2, 0) is 6.54 Å². The number of nitrogens with zero attached hydrogens (tertiary/aromatic N) is 2. The van der Waals surface area contributed by atoms with Crippen LogP contribution >= 0.6 is 34.2 Å². The van der Waals surface area contributed by atoms with Gasteiger partial charge in [0.2, 0.25) is 0 Å². The first-order valence-electron chi connectivity index (χ1n) is 7.23. The van der Waals surface area contributed by atoms with E-state index in [-0.39, 0.29) is 5.56 Å². The highest BCUT2D eigenvalue weighted by Gasteiger charge is 2.07. The Balaban J connectivity index is 1.95. The van der Waals surface area contributed by atoms with Gasteiger partial charge in [0, 0.05) is 20.2 Å². The van der Waals surface area contributed by atoms with Crippen molar-refractivity contribution in [1.29, 1.82) is 0 Å². The molecule has 0 aliphatic carbocycles. The summed E-state index contributed by atoms with van der Waals surface area (Å²) in [6.45, 7) is 0.332. The van der Waals surface area contributed by atoms with Crippen molar-refractivity contribution in [2.75, 3.05) is 7.11 Å². The molecule has 0 saturated heterocycles. The lowest BCUT2D eigenvalue weighted by Gasteiger charge is -2.09. The number of aromatic nitrogens is 2. The standard InChI is InChI=1S/C18H14ClIN2O2/c1-24-15-6-3-12(4-7-15)17-8-9-18(23)22(21-17)11-13-2-5-14(20)10-16(13)19/h2-10H,11H2,1H3. The van der Waals surface area contributed by atoms with Crippen molar-refractivity contribution in [2.45, 2.75) is 6.54 Å². The van der Waals surface area contributed by atoms with E-state index in [1.807, 2.05) is 42.5 Å². The van der Waals surface area contributed by atoms with Crippen molar-refractivity contribution in [2.24, 2.45) is 0 Å². The summed E-state index contributed by atoms with van der Waals surface area (Å²) in [6.07, 6.45) is 0. The first kappa shape index (κ1) is 17.0. The lowest BCUT2D eigenvalue weighted by Crippen LogP contribution is -2.23. The van der Waals surface area contributed by atoms with Gasteiger partial charge in [-0.3, -0.25) is 4.79 Å². The second-order valence-electron chi connectivity index (χ2n) is 5.18. The third kappa shape index (κ3) is 3.79. The van der Waals surface area contributed by atoms with Crippen LogP contribution in [0.4, 0.5) is 0 Å². The van der Waals surface area contributed by atoms with Crippen LogP contribution in [0.5, 0.6) is 5.75 Å². The molecule has 1 aromatic heterocycles. The molecule has 2 aromatic carbocycles. The highest BCUT2D eigenvalue weighted by atomic mass is 127. The first-order chi connectivity index (χ1) is 11.6. The monoisotopic (exact) mass is 452 g/mol. The van der Waals surface area contributed by atoms with E-state index in [1.54, 1.807) is 13.2 Å².